The third kappa shape index (κ3) is 4.52. The summed E-state index contributed by atoms with van der Waals surface area (Å²) < 4.78 is 0. The first-order chi connectivity index (χ1) is 7.13. The van der Waals surface area contributed by atoms with Gasteiger partial charge in [-0.15, -0.1) is 0 Å². The molecule has 0 aliphatic heterocycles. The molecule has 1 atom stereocenters. The van der Waals surface area contributed by atoms with Gasteiger partial charge in [0, 0.05) is 6.04 Å². The van der Waals surface area contributed by atoms with Gasteiger partial charge < -0.3 is 11.1 Å². The van der Waals surface area contributed by atoms with Gasteiger partial charge in [0.05, 0.1) is 0 Å². The second-order valence-electron chi connectivity index (χ2n) is 5.58. The molecule has 1 fully saturated rings. The van der Waals surface area contributed by atoms with Crippen molar-refractivity contribution in [2.24, 2.45) is 23.5 Å². The van der Waals surface area contributed by atoms with Crippen LogP contribution >= 0.6 is 0 Å². The molecule has 1 aliphatic rings. The van der Waals surface area contributed by atoms with E-state index in [1.807, 2.05) is 0 Å². The highest BCUT2D eigenvalue weighted by atomic mass is 14.9. The van der Waals surface area contributed by atoms with E-state index in [-0.39, 0.29) is 0 Å². The number of hydrogen-bond acceptors (Lipinski definition) is 2. The van der Waals surface area contributed by atoms with Crippen molar-refractivity contribution in [1.82, 2.24) is 5.32 Å². The minimum absolute atomic E-state index is 0.585. The average Bonchev–Trinajstić information content (AvgIpc) is 2.21. The quantitative estimate of drug-likeness (QED) is 0.734. The fourth-order valence-electron chi connectivity index (χ4n) is 2.59. The van der Waals surface area contributed by atoms with Crippen molar-refractivity contribution in [2.75, 3.05) is 13.1 Å². The Labute approximate surface area is 95.0 Å². The maximum atomic E-state index is 5.88. The molecule has 90 valence electrons. The Morgan fingerprint density at radius 1 is 1.20 bits per heavy atom. The molecule has 2 heteroatoms. The molecule has 15 heavy (non-hydrogen) atoms. The van der Waals surface area contributed by atoms with E-state index in [4.69, 9.17) is 5.73 Å². The van der Waals surface area contributed by atoms with Gasteiger partial charge in [-0.3, -0.25) is 0 Å². The number of nitrogens with one attached hydrogen (secondary N) is 1. The highest BCUT2D eigenvalue weighted by molar-refractivity contribution is 4.78. The first-order valence-electron chi connectivity index (χ1n) is 6.57. The lowest BCUT2D eigenvalue weighted by Gasteiger charge is -2.32. The lowest BCUT2D eigenvalue weighted by atomic mass is 9.76. The topological polar surface area (TPSA) is 38.0 Å². The Hall–Kier alpha value is -0.0800. The van der Waals surface area contributed by atoms with E-state index in [0.29, 0.717) is 12.0 Å². The summed E-state index contributed by atoms with van der Waals surface area (Å²) in [5.74, 6) is 2.51. The van der Waals surface area contributed by atoms with Crippen molar-refractivity contribution >= 4 is 0 Å². The summed E-state index contributed by atoms with van der Waals surface area (Å²) in [5.41, 5.74) is 5.88. The average molecular weight is 212 g/mol. The largest absolute Gasteiger partial charge is 0.330 e. The van der Waals surface area contributed by atoms with E-state index in [1.54, 1.807) is 0 Å². The van der Waals surface area contributed by atoms with E-state index >= 15 is 0 Å². The third-order valence-electron chi connectivity index (χ3n) is 3.82. The maximum Gasteiger partial charge on any atom is 0.00105 e. The molecule has 0 bridgehead atoms. The third-order valence-corrected chi connectivity index (χ3v) is 3.82. The molecule has 1 aliphatic carbocycles. The van der Waals surface area contributed by atoms with Crippen molar-refractivity contribution in [3.63, 3.8) is 0 Å². The Morgan fingerprint density at radius 3 is 2.27 bits per heavy atom. The predicted octanol–water partition coefficient (Wildman–Crippen LogP) is 2.39. The van der Waals surface area contributed by atoms with Gasteiger partial charge in [-0.1, -0.05) is 33.6 Å². The number of rotatable bonds is 5. The smallest absolute Gasteiger partial charge is 0.00105 e. The number of hydrogen-bond donors (Lipinski definition) is 2. The molecule has 0 aromatic heterocycles. The molecule has 0 amide bonds. The van der Waals surface area contributed by atoms with Gasteiger partial charge in [0.25, 0.3) is 0 Å². The maximum absolute atomic E-state index is 5.88. The lowest BCUT2D eigenvalue weighted by molar-refractivity contribution is 0.209. The van der Waals surface area contributed by atoms with Gasteiger partial charge in [0.2, 0.25) is 0 Å². The summed E-state index contributed by atoms with van der Waals surface area (Å²) in [5, 5.41) is 3.53. The van der Waals surface area contributed by atoms with Gasteiger partial charge in [-0.25, -0.2) is 0 Å². The normalized spacial score (nSPS) is 29.4. The van der Waals surface area contributed by atoms with Crippen molar-refractivity contribution in [3.05, 3.63) is 0 Å². The monoisotopic (exact) mass is 212 g/mol. The van der Waals surface area contributed by atoms with Crippen LogP contribution in [0, 0.1) is 17.8 Å². The minimum atomic E-state index is 0.585. The van der Waals surface area contributed by atoms with E-state index in [2.05, 4.69) is 26.1 Å². The first-order valence-corrected chi connectivity index (χ1v) is 6.57. The van der Waals surface area contributed by atoms with Gasteiger partial charge in [0.15, 0.2) is 0 Å². The van der Waals surface area contributed by atoms with Crippen LogP contribution in [0.1, 0.15) is 46.5 Å². The van der Waals surface area contributed by atoms with Crippen molar-refractivity contribution in [2.45, 2.75) is 52.5 Å². The Balaban J connectivity index is 2.31. The van der Waals surface area contributed by atoms with Crippen LogP contribution in [-0.2, 0) is 0 Å². The molecular weight excluding hydrogens is 184 g/mol. The van der Waals surface area contributed by atoms with Crippen LogP contribution in [0.5, 0.6) is 0 Å². The molecular formula is C13H28N2. The van der Waals surface area contributed by atoms with Crippen LogP contribution in [0.15, 0.2) is 0 Å². The SMILES string of the molecule is CC1CCC(C(CN)CNC(C)C)CC1. The molecule has 0 aromatic rings. The molecule has 0 saturated heterocycles. The minimum Gasteiger partial charge on any atom is -0.330 e. The summed E-state index contributed by atoms with van der Waals surface area (Å²) >= 11 is 0. The molecule has 1 rings (SSSR count). The van der Waals surface area contributed by atoms with Gasteiger partial charge >= 0.3 is 0 Å². The Bertz CT molecular complexity index is 160. The zero-order valence-electron chi connectivity index (χ0n) is 10.6. The van der Waals surface area contributed by atoms with Crippen LogP contribution in [0.2, 0.25) is 0 Å². The van der Waals surface area contributed by atoms with Crippen LogP contribution < -0.4 is 11.1 Å². The van der Waals surface area contributed by atoms with E-state index < -0.39 is 0 Å². The van der Waals surface area contributed by atoms with E-state index in [9.17, 15) is 0 Å². The summed E-state index contributed by atoms with van der Waals surface area (Å²) in [6.45, 7) is 8.74. The summed E-state index contributed by atoms with van der Waals surface area (Å²) in [4.78, 5) is 0. The van der Waals surface area contributed by atoms with Gasteiger partial charge in [-0.2, -0.15) is 0 Å². The Kier molecular flexibility index (Phi) is 5.62. The van der Waals surface area contributed by atoms with E-state index in [0.717, 1.165) is 24.9 Å². The summed E-state index contributed by atoms with van der Waals surface area (Å²) in [7, 11) is 0. The van der Waals surface area contributed by atoms with Crippen molar-refractivity contribution in [3.8, 4) is 0 Å². The summed E-state index contributed by atoms with van der Waals surface area (Å²) in [6, 6.07) is 0.585. The Morgan fingerprint density at radius 2 is 1.80 bits per heavy atom. The van der Waals surface area contributed by atoms with Crippen molar-refractivity contribution < 1.29 is 0 Å². The van der Waals surface area contributed by atoms with Crippen molar-refractivity contribution in [1.29, 1.82) is 0 Å². The van der Waals surface area contributed by atoms with Crippen LogP contribution in [0.25, 0.3) is 0 Å². The van der Waals surface area contributed by atoms with Crippen LogP contribution in [0.3, 0.4) is 0 Å². The highest BCUT2D eigenvalue weighted by Gasteiger charge is 2.24. The fraction of sp³-hybridized carbons (Fsp3) is 1.00. The molecule has 1 unspecified atom stereocenters. The molecule has 1 saturated carbocycles. The number of nitrogens with two attached hydrogens (primary N) is 1. The summed E-state index contributed by atoms with van der Waals surface area (Å²) in [6.07, 6.45) is 5.59. The lowest BCUT2D eigenvalue weighted by Crippen LogP contribution is -2.37. The highest BCUT2D eigenvalue weighted by Crippen LogP contribution is 2.32. The molecule has 3 N–H and O–H groups in total. The molecule has 2 nitrogen and oxygen atoms in total. The first kappa shape index (κ1) is 13.0. The van der Waals surface area contributed by atoms with Crippen LogP contribution in [-0.4, -0.2) is 19.1 Å². The molecule has 0 aromatic carbocycles. The standard InChI is InChI=1S/C13H28N2/c1-10(2)15-9-13(8-14)12-6-4-11(3)5-7-12/h10-13,15H,4-9,14H2,1-3H3. The second kappa shape index (κ2) is 6.49. The molecule has 0 spiro atoms. The van der Waals surface area contributed by atoms with E-state index in [1.165, 1.54) is 25.7 Å². The molecule has 0 heterocycles. The zero-order chi connectivity index (χ0) is 11.3. The molecule has 0 radical (unpaired) electrons. The van der Waals surface area contributed by atoms with Crippen LogP contribution in [0.4, 0.5) is 0 Å². The second-order valence-corrected chi connectivity index (χ2v) is 5.58. The predicted molar refractivity (Wildman–Crippen MR) is 66.8 cm³/mol. The van der Waals surface area contributed by atoms with Gasteiger partial charge in [-0.05, 0) is 43.7 Å². The zero-order valence-corrected chi connectivity index (χ0v) is 10.6. The van der Waals surface area contributed by atoms with Gasteiger partial charge in [0.1, 0.15) is 0 Å². The fourth-order valence-corrected chi connectivity index (χ4v) is 2.59.